The zero-order chi connectivity index (χ0) is 18.5. The molecule has 5 nitrogen and oxygen atoms in total. The molecule has 0 aromatic heterocycles. The fourth-order valence-corrected chi connectivity index (χ4v) is 2.69. The Labute approximate surface area is 149 Å². The molecule has 0 radical (unpaired) electrons. The van der Waals surface area contributed by atoms with Crippen molar-refractivity contribution in [1.82, 2.24) is 5.32 Å². The molecule has 1 unspecified atom stereocenters. The maximum Gasteiger partial charge on any atom is 0.387 e. The summed E-state index contributed by atoms with van der Waals surface area (Å²) in [4.78, 5) is 12.2. The second-order valence-corrected chi connectivity index (χ2v) is 5.92. The van der Waals surface area contributed by atoms with Crippen molar-refractivity contribution in [2.24, 2.45) is 0 Å². The Morgan fingerprint density at radius 3 is 2.62 bits per heavy atom. The van der Waals surface area contributed by atoms with Gasteiger partial charge in [0.15, 0.2) is 11.5 Å². The van der Waals surface area contributed by atoms with Crippen molar-refractivity contribution in [3.05, 3.63) is 53.6 Å². The standard InChI is InChI=1S/C19H19F2NO4/c1-12(14-4-6-15(7-5-14)26-19(20)21)22-18(23)9-3-13-2-8-16-17(10-13)25-11-24-16/h2,4-8,10,12,19H,3,9,11H2,1H3,(H,22,23). The number of fused-ring (bicyclic) bond motifs is 1. The van der Waals surface area contributed by atoms with Gasteiger partial charge in [-0.1, -0.05) is 18.2 Å². The van der Waals surface area contributed by atoms with Gasteiger partial charge in [0.25, 0.3) is 0 Å². The van der Waals surface area contributed by atoms with Gasteiger partial charge in [0.1, 0.15) is 5.75 Å². The Bertz CT molecular complexity index is 765. The minimum Gasteiger partial charge on any atom is -0.454 e. The van der Waals surface area contributed by atoms with Gasteiger partial charge < -0.3 is 19.5 Å². The lowest BCUT2D eigenvalue weighted by Crippen LogP contribution is -2.26. The first kappa shape index (κ1) is 18.0. The number of hydrogen-bond donors (Lipinski definition) is 1. The Kier molecular flexibility index (Phi) is 5.55. The van der Waals surface area contributed by atoms with Crippen LogP contribution in [0.4, 0.5) is 8.78 Å². The second-order valence-electron chi connectivity index (χ2n) is 5.92. The van der Waals surface area contributed by atoms with Crippen molar-refractivity contribution in [1.29, 1.82) is 0 Å². The van der Waals surface area contributed by atoms with Crippen molar-refractivity contribution < 1.29 is 27.8 Å². The first-order chi connectivity index (χ1) is 12.5. The van der Waals surface area contributed by atoms with E-state index in [-0.39, 0.29) is 24.5 Å². The van der Waals surface area contributed by atoms with E-state index in [4.69, 9.17) is 9.47 Å². The van der Waals surface area contributed by atoms with Gasteiger partial charge in [0.2, 0.25) is 12.7 Å². The molecule has 0 saturated heterocycles. The van der Waals surface area contributed by atoms with Crippen LogP contribution < -0.4 is 19.5 Å². The van der Waals surface area contributed by atoms with E-state index in [1.54, 1.807) is 12.1 Å². The maximum atomic E-state index is 12.2. The number of aryl methyl sites for hydroxylation is 1. The predicted octanol–water partition coefficient (Wildman–Crippen LogP) is 3.83. The first-order valence-corrected chi connectivity index (χ1v) is 8.24. The number of rotatable bonds is 7. The fraction of sp³-hybridized carbons (Fsp3) is 0.316. The molecule has 1 heterocycles. The van der Waals surface area contributed by atoms with Crippen LogP contribution in [0.15, 0.2) is 42.5 Å². The SMILES string of the molecule is CC(NC(=O)CCc1ccc2c(c1)OCO2)c1ccc(OC(F)F)cc1. The van der Waals surface area contributed by atoms with Crippen molar-refractivity contribution >= 4 is 5.91 Å². The van der Waals surface area contributed by atoms with E-state index in [1.807, 2.05) is 25.1 Å². The topological polar surface area (TPSA) is 56.8 Å². The number of amides is 1. The number of carbonyl (C=O) groups is 1. The molecule has 138 valence electrons. The molecule has 3 rings (SSSR count). The Morgan fingerprint density at radius 2 is 1.88 bits per heavy atom. The molecule has 1 aliphatic rings. The molecule has 0 fully saturated rings. The molecule has 7 heteroatoms. The summed E-state index contributed by atoms with van der Waals surface area (Å²) in [6.45, 7) is -0.798. The number of benzene rings is 2. The summed E-state index contributed by atoms with van der Waals surface area (Å²) in [5, 5.41) is 2.90. The van der Waals surface area contributed by atoms with Gasteiger partial charge in [-0.3, -0.25) is 4.79 Å². The normalized spacial score (nSPS) is 13.5. The van der Waals surface area contributed by atoms with E-state index in [0.717, 1.165) is 11.1 Å². The molecular weight excluding hydrogens is 344 g/mol. The van der Waals surface area contributed by atoms with E-state index >= 15 is 0 Å². The van der Waals surface area contributed by atoms with Crippen LogP contribution in [0.3, 0.4) is 0 Å². The lowest BCUT2D eigenvalue weighted by molar-refractivity contribution is -0.121. The van der Waals surface area contributed by atoms with Crippen LogP contribution in [0.2, 0.25) is 0 Å². The summed E-state index contributed by atoms with van der Waals surface area (Å²) in [6.07, 6.45) is 0.910. The fourth-order valence-electron chi connectivity index (χ4n) is 2.69. The lowest BCUT2D eigenvalue weighted by atomic mass is 10.1. The van der Waals surface area contributed by atoms with E-state index in [0.29, 0.717) is 24.3 Å². The first-order valence-electron chi connectivity index (χ1n) is 8.24. The predicted molar refractivity (Wildman–Crippen MR) is 90.5 cm³/mol. The highest BCUT2D eigenvalue weighted by Crippen LogP contribution is 2.32. The van der Waals surface area contributed by atoms with Gasteiger partial charge in [0, 0.05) is 6.42 Å². The summed E-state index contributed by atoms with van der Waals surface area (Å²) >= 11 is 0. The number of hydrogen-bond acceptors (Lipinski definition) is 4. The minimum absolute atomic E-state index is 0.0880. The smallest absolute Gasteiger partial charge is 0.387 e. The molecule has 2 aromatic carbocycles. The molecule has 0 saturated carbocycles. The van der Waals surface area contributed by atoms with Gasteiger partial charge in [-0.15, -0.1) is 0 Å². The molecule has 0 spiro atoms. The average molecular weight is 363 g/mol. The molecule has 1 N–H and O–H groups in total. The number of ether oxygens (including phenoxy) is 3. The zero-order valence-corrected chi connectivity index (χ0v) is 14.2. The molecule has 1 amide bonds. The third-order valence-corrected chi connectivity index (χ3v) is 4.06. The molecular formula is C19H19F2NO4. The van der Waals surface area contributed by atoms with Gasteiger partial charge in [-0.2, -0.15) is 8.78 Å². The number of nitrogens with one attached hydrogen (secondary N) is 1. The van der Waals surface area contributed by atoms with Gasteiger partial charge in [-0.05, 0) is 48.7 Å². The van der Waals surface area contributed by atoms with Crippen LogP contribution >= 0.6 is 0 Å². The van der Waals surface area contributed by atoms with E-state index in [9.17, 15) is 13.6 Å². The molecule has 0 bridgehead atoms. The minimum atomic E-state index is -2.85. The highest BCUT2D eigenvalue weighted by molar-refractivity contribution is 5.76. The van der Waals surface area contributed by atoms with Crippen molar-refractivity contribution in [2.75, 3.05) is 6.79 Å². The second kappa shape index (κ2) is 8.03. The van der Waals surface area contributed by atoms with Crippen LogP contribution in [0, 0.1) is 0 Å². The summed E-state index contributed by atoms with van der Waals surface area (Å²) in [7, 11) is 0. The Balaban J connectivity index is 1.49. The van der Waals surface area contributed by atoms with Crippen molar-refractivity contribution in [2.45, 2.75) is 32.4 Å². The summed E-state index contributed by atoms with van der Waals surface area (Å²) < 4.78 is 39.2. The van der Waals surface area contributed by atoms with Gasteiger partial charge in [-0.25, -0.2) is 0 Å². The van der Waals surface area contributed by atoms with Crippen LogP contribution in [-0.4, -0.2) is 19.3 Å². The van der Waals surface area contributed by atoms with Gasteiger partial charge >= 0.3 is 6.61 Å². The lowest BCUT2D eigenvalue weighted by Gasteiger charge is -2.15. The third-order valence-electron chi connectivity index (χ3n) is 4.06. The molecule has 26 heavy (non-hydrogen) atoms. The summed E-state index contributed by atoms with van der Waals surface area (Å²) in [5.41, 5.74) is 1.80. The molecule has 1 aliphatic heterocycles. The highest BCUT2D eigenvalue weighted by Gasteiger charge is 2.14. The summed E-state index contributed by atoms with van der Waals surface area (Å²) in [6, 6.07) is 11.6. The number of carbonyl (C=O) groups excluding carboxylic acids is 1. The van der Waals surface area contributed by atoms with Crippen LogP contribution in [0.25, 0.3) is 0 Å². The van der Waals surface area contributed by atoms with E-state index in [1.165, 1.54) is 12.1 Å². The Morgan fingerprint density at radius 1 is 1.15 bits per heavy atom. The third kappa shape index (κ3) is 4.62. The van der Waals surface area contributed by atoms with Crippen LogP contribution in [0.1, 0.15) is 30.5 Å². The molecule has 0 aliphatic carbocycles. The van der Waals surface area contributed by atoms with E-state index in [2.05, 4.69) is 10.1 Å². The maximum absolute atomic E-state index is 12.2. The van der Waals surface area contributed by atoms with Crippen molar-refractivity contribution in [3.8, 4) is 17.2 Å². The largest absolute Gasteiger partial charge is 0.454 e. The van der Waals surface area contributed by atoms with Crippen LogP contribution in [-0.2, 0) is 11.2 Å². The average Bonchev–Trinajstić information content (AvgIpc) is 3.07. The monoisotopic (exact) mass is 363 g/mol. The van der Waals surface area contributed by atoms with Crippen LogP contribution in [0.5, 0.6) is 17.2 Å². The quantitative estimate of drug-likeness (QED) is 0.812. The summed E-state index contributed by atoms with van der Waals surface area (Å²) in [5.74, 6) is 1.40. The Hall–Kier alpha value is -2.83. The number of halogens is 2. The van der Waals surface area contributed by atoms with E-state index < -0.39 is 6.61 Å². The van der Waals surface area contributed by atoms with Gasteiger partial charge in [0.05, 0.1) is 6.04 Å². The number of alkyl halides is 2. The molecule has 2 aromatic rings. The zero-order valence-electron chi connectivity index (χ0n) is 14.2. The van der Waals surface area contributed by atoms with Crippen molar-refractivity contribution in [3.63, 3.8) is 0 Å². The molecule has 1 atom stereocenters. The highest BCUT2D eigenvalue weighted by atomic mass is 19.3.